The molecule has 0 heterocycles. The molecule has 0 radical (unpaired) electrons. The highest BCUT2D eigenvalue weighted by Gasteiger charge is 2.06. The van der Waals surface area contributed by atoms with Gasteiger partial charge in [-0.1, -0.05) is 36.4 Å². The molecular weight excluding hydrogens is 316 g/mol. The predicted molar refractivity (Wildman–Crippen MR) is 97.9 cm³/mol. The molecule has 3 rings (SSSR count). The number of hydrogen-bond acceptors (Lipinski definition) is 4. The van der Waals surface area contributed by atoms with Crippen molar-refractivity contribution in [3.63, 3.8) is 0 Å². The van der Waals surface area contributed by atoms with Gasteiger partial charge in [-0.2, -0.15) is 5.10 Å². The maximum absolute atomic E-state index is 12.0. The molecule has 0 aromatic heterocycles. The molecule has 25 heavy (non-hydrogen) atoms. The number of aromatic hydroxyl groups is 1. The lowest BCUT2D eigenvalue weighted by molar-refractivity contribution is -0.123. The van der Waals surface area contributed by atoms with Crippen LogP contribution in [0.15, 0.2) is 71.8 Å². The number of nitrogens with one attached hydrogen (secondary N) is 1. The minimum atomic E-state index is -0.342. The topological polar surface area (TPSA) is 70.9 Å². The van der Waals surface area contributed by atoms with Crippen molar-refractivity contribution < 1.29 is 14.6 Å². The minimum Gasteiger partial charge on any atom is -0.508 e. The van der Waals surface area contributed by atoms with E-state index in [0.29, 0.717) is 11.5 Å². The van der Waals surface area contributed by atoms with Gasteiger partial charge in [0.2, 0.25) is 0 Å². The fraction of sp³-hybridized carbons (Fsp3) is 0.100. The maximum Gasteiger partial charge on any atom is 0.277 e. The lowest BCUT2D eigenvalue weighted by Crippen LogP contribution is -2.25. The van der Waals surface area contributed by atoms with Gasteiger partial charge < -0.3 is 9.84 Å². The summed E-state index contributed by atoms with van der Waals surface area (Å²) >= 11 is 0. The van der Waals surface area contributed by atoms with Crippen LogP contribution in [0.25, 0.3) is 10.8 Å². The molecule has 126 valence electrons. The van der Waals surface area contributed by atoms with Crippen molar-refractivity contribution in [2.75, 3.05) is 6.61 Å². The van der Waals surface area contributed by atoms with Gasteiger partial charge in [0.05, 0.1) is 5.71 Å². The number of carbonyl (C=O) groups excluding carboxylic acids is 1. The number of ether oxygens (including phenoxy) is 1. The number of nitrogens with zero attached hydrogens (tertiary/aromatic N) is 1. The Morgan fingerprint density at radius 1 is 1.04 bits per heavy atom. The van der Waals surface area contributed by atoms with Crippen LogP contribution in [0.2, 0.25) is 0 Å². The molecular formula is C20H18N2O3. The lowest BCUT2D eigenvalue weighted by Gasteiger charge is -2.08. The summed E-state index contributed by atoms with van der Waals surface area (Å²) < 4.78 is 5.62. The van der Waals surface area contributed by atoms with E-state index in [1.807, 2.05) is 42.5 Å². The smallest absolute Gasteiger partial charge is 0.277 e. The first-order valence-electron chi connectivity index (χ1n) is 7.86. The number of hydrazone groups is 1. The van der Waals surface area contributed by atoms with Gasteiger partial charge in [-0.25, -0.2) is 5.43 Å². The Bertz CT molecular complexity index is 912. The fourth-order valence-corrected chi connectivity index (χ4v) is 2.41. The molecule has 0 fully saturated rings. The molecule has 1 amide bonds. The highest BCUT2D eigenvalue weighted by atomic mass is 16.5. The normalized spacial score (nSPS) is 11.3. The zero-order valence-corrected chi connectivity index (χ0v) is 13.8. The van der Waals surface area contributed by atoms with Crippen LogP contribution in [0.3, 0.4) is 0 Å². The average molecular weight is 334 g/mol. The van der Waals surface area contributed by atoms with Crippen molar-refractivity contribution in [2.24, 2.45) is 5.10 Å². The molecule has 0 saturated heterocycles. The van der Waals surface area contributed by atoms with E-state index in [0.717, 1.165) is 16.3 Å². The first-order chi connectivity index (χ1) is 12.1. The number of rotatable bonds is 5. The van der Waals surface area contributed by atoms with E-state index in [4.69, 9.17) is 4.74 Å². The van der Waals surface area contributed by atoms with Gasteiger partial charge in [0.25, 0.3) is 5.91 Å². The van der Waals surface area contributed by atoms with Crippen LogP contribution < -0.4 is 10.2 Å². The first-order valence-corrected chi connectivity index (χ1v) is 7.86. The summed E-state index contributed by atoms with van der Waals surface area (Å²) in [6, 6.07) is 20.2. The van der Waals surface area contributed by atoms with Crippen LogP contribution in [-0.4, -0.2) is 23.3 Å². The Balaban J connectivity index is 1.61. The Morgan fingerprint density at radius 2 is 1.76 bits per heavy atom. The van der Waals surface area contributed by atoms with Gasteiger partial charge in [-0.05, 0) is 48.2 Å². The highest BCUT2D eigenvalue weighted by Crippen LogP contribution is 2.24. The molecule has 0 saturated carbocycles. The second kappa shape index (κ2) is 7.49. The van der Waals surface area contributed by atoms with Crippen molar-refractivity contribution in [3.05, 3.63) is 72.3 Å². The minimum absolute atomic E-state index is 0.125. The summed E-state index contributed by atoms with van der Waals surface area (Å²) in [6.07, 6.45) is 0. The molecule has 0 spiro atoms. The number of benzene rings is 3. The largest absolute Gasteiger partial charge is 0.508 e. The molecule has 5 heteroatoms. The van der Waals surface area contributed by atoms with Gasteiger partial charge in [-0.15, -0.1) is 0 Å². The number of carbonyl (C=O) groups is 1. The molecule has 3 aromatic rings. The quantitative estimate of drug-likeness (QED) is 0.554. The van der Waals surface area contributed by atoms with E-state index in [1.54, 1.807) is 31.2 Å². The number of amides is 1. The van der Waals surface area contributed by atoms with Gasteiger partial charge in [0.15, 0.2) is 6.61 Å². The first kappa shape index (κ1) is 16.5. The Hall–Kier alpha value is -3.34. The zero-order valence-electron chi connectivity index (χ0n) is 13.8. The lowest BCUT2D eigenvalue weighted by atomic mass is 10.1. The van der Waals surface area contributed by atoms with Gasteiger partial charge in [0.1, 0.15) is 11.5 Å². The Labute approximate surface area is 145 Å². The Kier molecular flexibility index (Phi) is 4.95. The van der Waals surface area contributed by atoms with Crippen LogP contribution in [0.1, 0.15) is 12.5 Å². The third kappa shape index (κ3) is 4.14. The van der Waals surface area contributed by atoms with Crippen LogP contribution in [-0.2, 0) is 4.79 Å². The molecule has 0 aliphatic rings. The van der Waals surface area contributed by atoms with Gasteiger partial charge in [-0.3, -0.25) is 4.79 Å². The molecule has 2 N–H and O–H groups in total. The van der Waals surface area contributed by atoms with Crippen molar-refractivity contribution in [2.45, 2.75) is 6.92 Å². The molecule has 0 aliphatic carbocycles. The molecule has 0 unspecified atom stereocenters. The summed E-state index contributed by atoms with van der Waals surface area (Å²) in [5.41, 5.74) is 3.93. The van der Waals surface area contributed by atoms with E-state index < -0.39 is 0 Å². The van der Waals surface area contributed by atoms with Gasteiger partial charge >= 0.3 is 0 Å². The summed E-state index contributed by atoms with van der Waals surface area (Å²) in [5.74, 6) is 0.502. The van der Waals surface area contributed by atoms with Crippen molar-refractivity contribution in [3.8, 4) is 11.5 Å². The molecule has 0 aliphatic heterocycles. The van der Waals surface area contributed by atoms with E-state index in [2.05, 4.69) is 10.5 Å². The summed E-state index contributed by atoms with van der Waals surface area (Å²) in [4.78, 5) is 12.0. The van der Waals surface area contributed by atoms with Gasteiger partial charge in [0, 0.05) is 5.39 Å². The van der Waals surface area contributed by atoms with E-state index >= 15 is 0 Å². The maximum atomic E-state index is 12.0. The highest BCUT2D eigenvalue weighted by molar-refractivity contribution is 5.99. The summed E-state index contributed by atoms with van der Waals surface area (Å²) in [7, 11) is 0. The third-order valence-corrected chi connectivity index (χ3v) is 3.74. The molecule has 0 atom stereocenters. The SMILES string of the molecule is CC(=NNC(=O)COc1cccc2ccccc12)c1ccc(O)cc1. The van der Waals surface area contributed by atoms with Crippen LogP contribution >= 0.6 is 0 Å². The summed E-state index contributed by atoms with van der Waals surface area (Å²) in [5, 5.41) is 15.4. The second-order valence-electron chi connectivity index (χ2n) is 5.55. The number of hydrogen-bond donors (Lipinski definition) is 2. The van der Waals surface area contributed by atoms with Crippen molar-refractivity contribution in [1.29, 1.82) is 0 Å². The number of phenolic OH excluding ortho intramolecular Hbond substituents is 1. The van der Waals surface area contributed by atoms with Crippen LogP contribution in [0, 0.1) is 0 Å². The predicted octanol–water partition coefficient (Wildman–Crippen LogP) is 3.46. The third-order valence-electron chi connectivity index (χ3n) is 3.74. The van der Waals surface area contributed by atoms with Crippen LogP contribution in [0.4, 0.5) is 0 Å². The Morgan fingerprint density at radius 3 is 2.56 bits per heavy atom. The zero-order chi connectivity index (χ0) is 17.6. The van der Waals surface area contributed by atoms with E-state index in [9.17, 15) is 9.90 Å². The van der Waals surface area contributed by atoms with E-state index in [1.165, 1.54) is 0 Å². The number of fused-ring (bicyclic) bond motifs is 1. The fourth-order valence-electron chi connectivity index (χ4n) is 2.41. The molecule has 5 nitrogen and oxygen atoms in total. The molecule has 3 aromatic carbocycles. The average Bonchev–Trinajstić information content (AvgIpc) is 2.65. The number of phenols is 1. The van der Waals surface area contributed by atoms with E-state index in [-0.39, 0.29) is 18.3 Å². The van der Waals surface area contributed by atoms with Crippen molar-refractivity contribution in [1.82, 2.24) is 5.43 Å². The second-order valence-corrected chi connectivity index (χ2v) is 5.55. The standard InChI is InChI=1S/C20H18N2O3/c1-14(15-9-11-17(23)12-10-15)21-22-20(24)13-25-19-8-4-6-16-5-2-3-7-18(16)19/h2-12,23H,13H2,1H3,(H,22,24). The van der Waals surface area contributed by atoms with Crippen LogP contribution in [0.5, 0.6) is 11.5 Å². The van der Waals surface area contributed by atoms with Crippen molar-refractivity contribution >= 4 is 22.4 Å². The molecule has 0 bridgehead atoms. The summed E-state index contributed by atoms with van der Waals surface area (Å²) in [6.45, 7) is 1.65. The monoisotopic (exact) mass is 334 g/mol.